The van der Waals surface area contributed by atoms with Crippen molar-refractivity contribution in [1.82, 2.24) is 5.32 Å². The Labute approximate surface area is 138 Å². The second kappa shape index (κ2) is 7.82. The van der Waals surface area contributed by atoms with Gasteiger partial charge in [-0.1, -0.05) is 42.0 Å². The number of anilines is 1. The number of nitrogens with two attached hydrogens (primary N) is 1. The summed E-state index contributed by atoms with van der Waals surface area (Å²) in [6, 6.07) is 14.3. The SMILES string of the molecule is Cc1ccc(CC(C)NC(=O)CCc2ccccc2N)c(C)c1. The zero-order valence-corrected chi connectivity index (χ0v) is 14.2. The van der Waals surface area contributed by atoms with Gasteiger partial charge in [-0.05, 0) is 56.4 Å². The molecule has 0 spiro atoms. The molecule has 0 heterocycles. The molecular weight excluding hydrogens is 284 g/mol. The molecular formula is C20H26N2O. The quantitative estimate of drug-likeness (QED) is 0.802. The van der Waals surface area contributed by atoms with Crippen molar-refractivity contribution in [3.8, 4) is 0 Å². The molecule has 0 aliphatic carbocycles. The summed E-state index contributed by atoms with van der Waals surface area (Å²) in [6.07, 6.45) is 1.99. The number of benzene rings is 2. The minimum Gasteiger partial charge on any atom is -0.399 e. The lowest BCUT2D eigenvalue weighted by molar-refractivity contribution is -0.121. The van der Waals surface area contributed by atoms with E-state index in [1.807, 2.05) is 31.2 Å². The van der Waals surface area contributed by atoms with Crippen LogP contribution in [0.15, 0.2) is 42.5 Å². The zero-order chi connectivity index (χ0) is 16.8. The van der Waals surface area contributed by atoms with Crippen LogP contribution >= 0.6 is 0 Å². The van der Waals surface area contributed by atoms with Crippen molar-refractivity contribution in [2.75, 3.05) is 5.73 Å². The normalized spacial score (nSPS) is 12.0. The van der Waals surface area contributed by atoms with E-state index in [2.05, 4.69) is 37.4 Å². The first-order valence-electron chi connectivity index (χ1n) is 8.14. The molecule has 0 aliphatic rings. The van der Waals surface area contributed by atoms with Gasteiger partial charge in [0, 0.05) is 18.2 Å². The maximum atomic E-state index is 12.1. The van der Waals surface area contributed by atoms with Gasteiger partial charge in [-0.3, -0.25) is 4.79 Å². The summed E-state index contributed by atoms with van der Waals surface area (Å²) in [5.41, 5.74) is 11.5. The molecule has 0 saturated carbocycles. The number of aryl methyl sites for hydroxylation is 3. The molecule has 2 aromatic carbocycles. The maximum absolute atomic E-state index is 12.1. The second-order valence-electron chi connectivity index (χ2n) is 6.30. The van der Waals surface area contributed by atoms with Crippen molar-refractivity contribution in [3.63, 3.8) is 0 Å². The van der Waals surface area contributed by atoms with E-state index < -0.39 is 0 Å². The lowest BCUT2D eigenvalue weighted by Gasteiger charge is -2.16. The Balaban J connectivity index is 1.84. The van der Waals surface area contributed by atoms with E-state index in [0.717, 1.165) is 17.7 Å². The molecule has 122 valence electrons. The van der Waals surface area contributed by atoms with Gasteiger partial charge in [0.15, 0.2) is 0 Å². The van der Waals surface area contributed by atoms with E-state index in [-0.39, 0.29) is 11.9 Å². The fourth-order valence-corrected chi connectivity index (χ4v) is 2.81. The number of nitrogen functional groups attached to an aromatic ring is 1. The Hall–Kier alpha value is -2.29. The van der Waals surface area contributed by atoms with E-state index in [1.165, 1.54) is 16.7 Å². The Morgan fingerprint density at radius 3 is 2.57 bits per heavy atom. The smallest absolute Gasteiger partial charge is 0.220 e. The molecule has 3 N–H and O–H groups in total. The van der Waals surface area contributed by atoms with Gasteiger partial charge in [0.25, 0.3) is 0 Å². The summed E-state index contributed by atoms with van der Waals surface area (Å²) in [5.74, 6) is 0.0746. The average molecular weight is 310 g/mol. The number of carbonyl (C=O) groups excluding carboxylic acids is 1. The summed E-state index contributed by atoms with van der Waals surface area (Å²) in [4.78, 5) is 12.1. The van der Waals surface area contributed by atoms with E-state index in [1.54, 1.807) is 0 Å². The maximum Gasteiger partial charge on any atom is 0.220 e. The first-order valence-corrected chi connectivity index (χ1v) is 8.14. The minimum absolute atomic E-state index is 0.0746. The molecule has 23 heavy (non-hydrogen) atoms. The van der Waals surface area contributed by atoms with E-state index in [4.69, 9.17) is 5.73 Å². The van der Waals surface area contributed by atoms with Gasteiger partial charge in [-0.25, -0.2) is 0 Å². The third kappa shape index (κ3) is 5.13. The molecule has 3 nitrogen and oxygen atoms in total. The summed E-state index contributed by atoms with van der Waals surface area (Å²) in [6.45, 7) is 6.26. The van der Waals surface area contributed by atoms with Crippen molar-refractivity contribution in [3.05, 3.63) is 64.7 Å². The monoisotopic (exact) mass is 310 g/mol. The average Bonchev–Trinajstić information content (AvgIpc) is 2.49. The van der Waals surface area contributed by atoms with E-state index in [0.29, 0.717) is 12.8 Å². The van der Waals surface area contributed by atoms with Gasteiger partial charge in [0.2, 0.25) is 5.91 Å². The third-order valence-corrected chi connectivity index (χ3v) is 4.11. The minimum atomic E-state index is 0.0746. The number of rotatable bonds is 6. The Morgan fingerprint density at radius 1 is 1.13 bits per heavy atom. The molecule has 3 heteroatoms. The van der Waals surface area contributed by atoms with Gasteiger partial charge in [0.05, 0.1) is 0 Å². The second-order valence-corrected chi connectivity index (χ2v) is 6.30. The van der Waals surface area contributed by atoms with Crippen molar-refractivity contribution in [1.29, 1.82) is 0 Å². The van der Waals surface area contributed by atoms with Crippen molar-refractivity contribution in [2.45, 2.75) is 46.1 Å². The lowest BCUT2D eigenvalue weighted by atomic mass is 10.00. The molecule has 0 saturated heterocycles. The van der Waals surface area contributed by atoms with Crippen LogP contribution in [0.25, 0.3) is 0 Å². The highest BCUT2D eigenvalue weighted by molar-refractivity contribution is 5.76. The molecule has 0 fully saturated rings. The highest BCUT2D eigenvalue weighted by Gasteiger charge is 2.10. The fourth-order valence-electron chi connectivity index (χ4n) is 2.81. The van der Waals surface area contributed by atoms with Gasteiger partial charge in [-0.15, -0.1) is 0 Å². The summed E-state index contributed by atoms with van der Waals surface area (Å²) in [7, 11) is 0. The number of hydrogen-bond donors (Lipinski definition) is 2. The fraction of sp³-hybridized carbons (Fsp3) is 0.350. The van der Waals surface area contributed by atoms with Gasteiger partial charge < -0.3 is 11.1 Å². The zero-order valence-electron chi connectivity index (χ0n) is 14.2. The van der Waals surface area contributed by atoms with Crippen molar-refractivity contribution in [2.24, 2.45) is 0 Å². The summed E-state index contributed by atoms with van der Waals surface area (Å²) < 4.78 is 0. The van der Waals surface area contributed by atoms with Gasteiger partial charge in [-0.2, -0.15) is 0 Å². The van der Waals surface area contributed by atoms with Gasteiger partial charge >= 0.3 is 0 Å². The van der Waals surface area contributed by atoms with Gasteiger partial charge in [0.1, 0.15) is 0 Å². The van der Waals surface area contributed by atoms with Crippen LogP contribution in [0.1, 0.15) is 35.6 Å². The number of carbonyl (C=O) groups is 1. The number of hydrogen-bond acceptors (Lipinski definition) is 2. The molecule has 0 bridgehead atoms. The largest absolute Gasteiger partial charge is 0.399 e. The molecule has 1 amide bonds. The first-order chi connectivity index (χ1) is 11.0. The molecule has 2 aromatic rings. The highest BCUT2D eigenvalue weighted by atomic mass is 16.1. The highest BCUT2D eigenvalue weighted by Crippen LogP contribution is 2.14. The Morgan fingerprint density at radius 2 is 1.87 bits per heavy atom. The third-order valence-electron chi connectivity index (χ3n) is 4.11. The molecule has 0 radical (unpaired) electrons. The predicted molar refractivity (Wildman–Crippen MR) is 96.4 cm³/mol. The van der Waals surface area contributed by atoms with E-state index in [9.17, 15) is 4.79 Å². The van der Waals surface area contributed by atoms with Crippen molar-refractivity contribution < 1.29 is 4.79 Å². The summed E-state index contributed by atoms with van der Waals surface area (Å²) in [5, 5.41) is 3.08. The van der Waals surface area contributed by atoms with Crippen molar-refractivity contribution >= 4 is 11.6 Å². The molecule has 0 aromatic heterocycles. The summed E-state index contributed by atoms with van der Waals surface area (Å²) >= 11 is 0. The number of para-hydroxylation sites is 1. The van der Waals surface area contributed by atoms with Crippen LogP contribution in [0.3, 0.4) is 0 Å². The standard InChI is InChI=1S/C20H26N2O/c1-14-8-9-18(15(2)12-14)13-16(3)22-20(23)11-10-17-6-4-5-7-19(17)21/h4-9,12,16H,10-11,13,21H2,1-3H3,(H,22,23). The lowest BCUT2D eigenvalue weighted by Crippen LogP contribution is -2.34. The Kier molecular flexibility index (Phi) is 5.80. The number of amides is 1. The molecule has 1 atom stereocenters. The van der Waals surface area contributed by atoms with Crippen LogP contribution in [0.5, 0.6) is 0 Å². The first kappa shape index (κ1) is 17.1. The van der Waals surface area contributed by atoms with Crippen LogP contribution < -0.4 is 11.1 Å². The topological polar surface area (TPSA) is 55.1 Å². The predicted octanol–water partition coefficient (Wildman–Crippen LogP) is 3.57. The van der Waals surface area contributed by atoms with Crippen LogP contribution in [0, 0.1) is 13.8 Å². The Bertz CT molecular complexity index is 679. The number of nitrogens with one attached hydrogen (secondary N) is 1. The van der Waals surface area contributed by atoms with Crippen LogP contribution in [-0.4, -0.2) is 11.9 Å². The van der Waals surface area contributed by atoms with E-state index >= 15 is 0 Å². The molecule has 2 rings (SSSR count). The van der Waals surface area contributed by atoms with Crippen LogP contribution in [-0.2, 0) is 17.6 Å². The molecule has 0 aliphatic heterocycles. The molecule has 1 unspecified atom stereocenters. The van der Waals surface area contributed by atoms with Crippen LogP contribution in [0.4, 0.5) is 5.69 Å². The van der Waals surface area contributed by atoms with Crippen LogP contribution in [0.2, 0.25) is 0 Å².